The summed E-state index contributed by atoms with van der Waals surface area (Å²) in [6, 6.07) is 7.68. The third kappa shape index (κ3) is 4.12. The molecule has 0 unspecified atom stereocenters. The number of fused-ring (bicyclic) bond motifs is 1. The van der Waals surface area contributed by atoms with Crippen molar-refractivity contribution in [2.45, 2.75) is 6.10 Å². The van der Waals surface area contributed by atoms with Crippen LogP contribution in [0.3, 0.4) is 0 Å². The Balaban J connectivity index is 1.71. The number of likely N-dealkylation sites (N-methyl/N-ethyl adjacent to an activating group) is 1. The van der Waals surface area contributed by atoms with Gasteiger partial charge in [-0.05, 0) is 13.1 Å². The van der Waals surface area contributed by atoms with Gasteiger partial charge in [-0.15, -0.1) is 11.3 Å². The zero-order valence-corrected chi connectivity index (χ0v) is 15.3. The van der Waals surface area contributed by atoms with Gasteiger partial charge in [0.15, 0.2) is 0 Å². The number of carboxylic acid groups (broad SMARTS) is 1. The molecule has 1 aromatic carbocycles. The minimum Gasteiger partial charge on any atom is -0.480 e. The van der Waals surface area contributed by atoms with Crippen molar-refractivity contribution in [3.8, 4) is 0 Å². The second-order valence-corrected chi connectivity index (χ2v) is 7.51. The topological polar surface area (TPSA) is 70.1 Å². The Bertz CT molecular complexity index is 794. The number of hydrogen-bond donors (Lipinski definition) is 1. The molecule has 1 aliphatic heterocycles. The summed E-state index contributed by atoms with van der Waals surface area (Å²) in [4.78, 5) is 27.6. The average Bonchev–Trinajstić information content (AvgIpc) is 2.91. The highest BCUT2D eigenvalue weighted by molar-refractivity contribution is 7.21. The van der Waals surface area contributed by atoms with E-state index in [1.165, 1.54) is 11.3 Å². The molecule has 0 aliphatic carbocycles. The van der Waals surface area contributed by atoms with E-state index in [9.17, 15) is 9.59 Å². The van der Waals surface area contributed by atoms with Crippen LogP contribution in [-0.4, -0.2) is 72.7 Å². The molecule has 1 aromatic heterocycles. The van der Waals surface area contributed by atoms with Crippen molar-refractivity contribution >= 4 is 44.9 Å². The molecule has 1 aliphatic rings. The number of carboxylic acids is 1. The molecular weight excluding hydrogens is 364 g/mol. The van der Waals surface area contributed by atoms with E-state index in [1.807, 2.05) is 24.3 Å². The van der Waals surface area contributed by atoms with Gasteiger partial charge in [0.25, 0.3) is 5.91 Å². The van der Waals surface area contributed by atoms with Gasteiger partial charge in [0.05, 0.1) is 24.3 Å². The molecule has 2 aromatic rings. The summed E-state index contributed by atoms with van der Waals surface area (Å²) in [5.74, 6) is -0.983. The van der Waals surface area contributed by atoms with E-state index in [-0.39, 0.29) is 18.6 Å². The summed E-state index contributed by atoms with van der Waals surface area (Å²) in [5, 5.41) is 10.2. The molecule has 0 bridgehead atoms. The maximum Gasteiger partial charge on any atom is 0.317 e. The Labute approximate surface area is 154 Å². The molecule has 3 rings (SSSR count). The lowest BCUT2D eigenvalue weighted by atomic mass is 10.2. The lowest BCUT2D eigenvalue weighted by Gasteiger charge is -2.34. The minimum atomic E-state index is -0.886. The van der Waals surface area contributed by atoms with Crippen LogP contribution in [0, 0.1) is 0 Å². The first-order chi connectivity index (χ1) is 12.0. The molecule has 1 saturated heterocycles. The van der Waals surface area contributed by atoms with Crippen LogP contribution in [0.15, 0.2) is 24.3 Å². The zero-order chi connectivity index (χ0) is 18.0. The van der Waals surface area contributed by atoms with Gasteiger partial charge in [0, 0.05) is 29.7 Å². The molecule has 2 heterocycles. The fourth-order valence-electron chi connectivity index (χ4n) is 2.95. The molecule has 1 fully saturated rings. The highest BCUT2D eigenvalue weighted by Gasteiger charge is 2.28. The number of amides is 1. The Morgan fingerprint density at radius 2 is 2.20 bits per heavy atom. The van der Waals surface area contributed by atoms with Gasteiger partial charge in [0.2, 0.25) is 0 Å². The maximum absolute atomic E-state index is 12.9. The van der Waals surface area contributed by atoms with E-state index >= 15 is 0 Å². The normalized spacial score (nSPS) is 18.0. The molecule has 0 spiro atoms. The SMILES string of the molecule is CN(CC(=O)O)C[C@@H]1CN(C(=O)c2sc3ccccc3c2Cl)CCO1. The number of benzene rings is 1. The number of halogens is 1. The van der Waals surface area contributed by atoms with Crippen LogP contribution >= 0.6 is 22.9 Å². The van der Waals surface area contributed by atoms with Crippen LogP contribution in [0.4, 0.5) is 0 Å². The summed E-state index contributed by atoms with van der Waals surface area (Å²) >= 11 is 7.80. The van der Waals surface area contributed by atoms with Crippen LogP contribution in [0.1, 0.15) is 9.67 Å². The van der Waals surface area contributed by atoms with E-state index in [0.29, 0.717) is 36.1 Å². The number of hydrogen-bond acceptors (Lipinski definition) is 5. The summed E-state index contributed by atoms with van der Waals surface area (Å²) in [6.07, 6.45) is -0.213. The van der Waals surface area contributed by atoms with Crippen LogP contribution < -0.4 is 0 Å². The first kappa shape index (κ1) is 18.1. The summed E-state index contributed by atoms with van der Waals surface area (Å²) in [7, 11) is 1.72. The standard InChI is InChI=1S/C17H19ClN2O4S/c1-19(10-14(21)22)8-11-9-20(6-7-24-11)17(23)16-15(18)12-4-2-3-5-13(12)25-16/h2-5,11H,6-10H2,1H3,(H,21,22)/t11-/m1/s1. The number of ether oxygens (including phenoxy) is 1. The van der Waals surface area contributed by atoms with E-state index in [0.717, 1.165) is 10.1 Å². The second kappa shape index (κ2) is 7.70. The molecule has 1 atom stereocenters. The second-order valence-electron chi connectivity index (χ2n) is 6.08. The molecule has 0 saturated carbocycles. The van der Waals surface area contributed by atoms with E-state index in [2.05, 4.69) is 0 Å². The number of thiophene rings is 1. The molecule has 134 valence electrons. The Morgan fingerprint density at radius 1 is 1.44 bits per heavy atom. The Kier molecular flexibility index (Phi) is 5.58. The Hall–Kier alpha value is -1.67. The highest BCUT2D eigenvalue weighted by atomic mass is 35.5. The van der Waals surface area contributed by atoms with Crippen LogP contribution in [0.5, 0.6) is 0 Å². The smallest absolute Gasteiger partial charge is 0.317 e. The molecule has 0 radical (unpaired) electrons. The van der Waals surface area contributed by atoms with E-state index in [1.54, 1.807) is 16.8 Å². The van der Waals surface area contributed by atoms with Crippen molar-refractivity contribution in [2.75, 3.05) is 39.8 Å². The van der Waals surface area contributed by atoms with Crippen molar-refractivity contribution in [1.29, 1.82) is 0 Å². The molecule has 25 heavy (non-hydrogen) atoms. The predicted octanol–water partition coefficient (Wildman–Crippen LogP) is 2.41. The van der Waals surface area contributed by atoms with Crippen LogP contribution in [0.25, 0.3) is 10.1 Å². The van der Waals surface area contributed by atoms with E-state index in [4.69, 9.17) is 21.4 Å². The monoisotopic (exact) mass is 382 g/mol. The first-order valence-electron chi connectivity index (χ1n) is 7.94. The van der Waals surface area contributed by atoms with Crippen LogP contribution in [0.2, 0.25) is 5.02 Å². The van der Waals surface area contributed by atoms with Gasteiger partial charge < -0.3 is 14.7 Å². The van der Waals surface area contributed by atoms with E-state index < -0.39 is 5.97 Å². The maximum atomic E-state index is 12.9. The molecule has 8 heteroatoms. The predicted molar refractivity (Wildman–Crippen MR) is 97.6 cm³/mol. The summed E-state index contributed by atoms with van der Waals surface area (Å²) < 4.78 is 6.67. The molecule has 1 N–H and O–H groups in total. The van der Waals surface area contributed by atoms with Crippen molar-refractivity contribution < 1.29 is 19.4 Å². The number of carbonyl (C=O) groups is 2. The van der Waals surface area contributed by atoms with Gasteiger partial charge in [-0.2, -0.15) is 0 Å². The summed E-state index contributed by atoms with van der Waals surface area (Å²) in [5.41, 5.74) is 0. The number of aliphatic carboxylic acids is 1. The number of morpholine rings is 1. The third-order valence-electron chi connectivity index (χ3n) is 4.08. The van der Waals surface area contributed by atoms with Gasteiger partial charge in [-0.3, -0.25) is 14.5 Å². The largest absolute Gasteiger partial charge is 0.480 e. The van der Waals surface area contributed by atoms with Gasteiger partial charge in [-0.25, -0.2) is 0 Å². The minimum absolute atomic E-state index is 0.0596. The summed E-state index contributed by atoms with van der Waals surface area (Å²) in [6.45, 7) is 1.75. The lowest BCUT2D eigenvalue weighted by molar-refractivity contribution is -0.138. The molecule has 1 amide bonds. The third-order valence-corrected chi connectivity index (χ3v) is 5.74. The lowest BCUT2D eigenvalue weighted by Crippen LogP contribution is -2.49. The number of nitrogens with zero attached hydrogens (tertiary/aromatic N) is 2. The first-order valence-corrected chi connectivity index (χ1v) is 9.13. The Morgan fingerprint density at radius 3 is 2.92 bits per heavy atom. The number of carbonyl (C=O) groups excluding carboxylic acids is 1. The fraction of sp³-hybridized carbons (Fsp3) is 0.412. The number of rotatable bonds is 5. The highest BCUT2D eigenvalue weighted by Crippen LogP contribution is 2.36. The fourth-order valence-corrected chi connectivity index (χ4v) is 4.43. The van der Waals surface area contributed by atoms with Crippen molar-refractivity contribution in [2.24, 2.45) is 0 Å². The quantitative estimate of drug-likeness (QED) is 0.859. The molecular formula is C17H19ClN2O4S. The van der Waals surface area contributed by atoms with Crippen LogP contribution in [-0.2, 0) is 9.53 Å². The van der Waals surface area contributed by atoms with Crippen molar-refractivity contribution in [3.63, 3.8) is 0 Å². The van der Waals surface area contributed by atoms with Gasteiger partial charge in [-0.1, -0.05) is 29.8 Å². The zero-order valence-electron chi connectivity index (χ0n) is 13.8. The average molecular weight is 383 g/mol. The van der Waals surface area contributed by atoms with Gasteiger partial charge >= 0.3 is 5.97 Å². The van der Waals surface area contributed by atoms with Crippen molar-refractivity contribution in [1.82, 2.24) is 9.80 Å². The van der Waals surface area contributed by atoms with Gasteiger partial charge in [0.1, 0.15) is 4.88 Å². The molecule has 6 nitrogen and oxygen atoms in total. The van der Waals surface area contributed by atoms with Crippen molar-refractivity contribution in [3.05, 3.63) is 34.2 Å².